The minimum atomic E-state index is -1.26. The van der Waals surface area contributed by atoms with Gasteiger partial charge >= 0.3 is 0 Å². The molecule has 4 N–H and O–H groups in total. The zero-order chi connectivity index (χ0) is 33.9. The second-order valence-corrected chi connectivity index (χ2v) is 11.8. The van der Waals surface area contributed by atoms with E-state index in [4.69, 9.17) is 0 Å². The molecule has 0 saturated heterocycles. The van der Waals surface area contributed by atoms with E-state index in [-0.39, 0.29) is 0 Å². The van der Waals surface area contributed by atoms with Crippen LogP contribution in [0, 0.1) is 11.8 Å². The Kier molecular flexibility index (Phi) is 9.08. The van der Waals surface area contributed by atoms with E-state index in [9.17, 15) is 19.8 Å². The highest BCUT2D eigenvalue weighted by Gasteiger charge is 2.28. The smallest absolute Gasteiger partial charge is 0.256 e. The van der Waals surface area contributed by atoms with Crippen LogP contribution in [0.1, 0.15) is 72.0 Å². The largest absolute Gasteiger partial charge is 0.378 e. The molecule has 0 saturated carbocycles. The maximum absolute atomic E-state index is 13.0. The van der Waals surface area contributed by atoms with Crippen LogP contribution in [0.2, 0.25) is 0 Å². The predicted molar refractivity (Wildman–Crippen MR) is 183 cm³/mol. The molecule has 4 aromatic carbocycles. The highest BCUT2D eigenvalue weighted by Crippen LogP contribution is 2.26. The Labute approximate surface area is 278 Å². The van der Waals surface area contributed by atoms with Gasteiger partial charge in [0.2, 0.25) is 0 Å². The molecular formula is C38H36N6O4. The first-order chi connectivity index (χ1) is 23.1. The lowest BCUT2D eigenvalue weighted by Crippen LogP contribution is -2.34. The van der Waals surface area contributed by atoms with Gasteiger partial charge in [-0.05, 0) is 61.4 Å². The summed E-state index contributed by atoms with van der Waals surface area (Å²) in [6.07, 6.45) is -2.52. The molecule has 10 nitrogen and oxygen atoms in total. The fourth-order valence-corrected chi connectivity index (χ4v) is 5.44. The molecule has 2 amide bonds. The molecule has 2 aromatic heterocycles. The van der Waals surface area contributed by atoms with Crippen LogP contribution in [-0.4, -0.2) is 65.9 Å². The molecule has 0 spiro atoms. The van der Waals surface area contributed by atoms with Gasteiger partial charge < -0.3 is 30.0 Å². The zero-order valence-corrected chi connectivity index (χ0v) is 27.0. The molecule has 2 heterocycles. The first kappa shape index (κ1) is 32.2. The van der Waals surface area contributed by atoms with Crippen LogP contribution >= 0.6 is 0 Å². The number of benzene rings is 4. The number of aromatic nitrogens is 4. The number of aromatic amines is 2. The summed E-state index contributed by atoms with van der Waals surface area (Å²) in [6, 6.07) is 28.3. The van der Waals surface area contributed by atoms with Crippen LogP contribution in [-0.2, 0) is 9.59 Å². The molecule has 0 aliphatic rings. The van der Waals surface area contributed by atoms with E-state index in [1.165, 1.54) is 9.80 Å². The molecule has 48 heavy (non-hydrogen) atoms. The number of H-pyrrole nitrogens is 2. The Morgan fingerprint density at radius 1 is 0.625 bits per heavy atom. The maximum Gasteiger partial charge on any atom is 0.256 e. The number of carbonyl (C=O) groups excluding carboxylic acids is 2. The molecule has 0 radical (unpaired) electrons. The quantitative estimate of drug-likeness (QED) is 0.166. The van der Waals surface area contributed by atoms with E-state index >= 15 is 0 Å². The minimum Gasteiger partial charge on any atom is -0.378 e. The molecule has 0 aliphatic heterocycles. The van der Waals surface area contributed by atoms with Gasteiger partial charge in [-0.3, -0.25) is 9.59 Å². The van der Waals surface area contributed by atoms with Crippen molar-refractivity contribution in [3.63, 3.8) is 0 Å². The van der Waals surface area contributed by atoms with Crippen LogP contribution in [0.25, 0.3) is 22.1 Å². The van der Waals surface area contributed by atoms with E-state index in [0.717, 1.165) is 33.2 Å². The maximum atomic E-state index is 13.0. The number of imidazole rings is 2. The summed E-state index contributed by atoms with van der Waals surface area (Å²) < 4.78 is 0. The summed E-state index contributed by atoms with van der Waals surface area (Å²) in [5, 5.41) is 21.2. The molecule has 0 bridgehead atoms. The SMILES string of the molecule is C[C@@H](c1nc2ccc(C#Cc3ccc4nc([C@H](C)N(C)C(=O)[C@H](O)c5ccccc5)[nH]c4c3)cc2[nH]1)N(C)C(=O)[C@H](O)c1ccccc1. The number of amides is 2. The average molecular weight is 641 g/mol. The number of aliphatic hydroxyl groups excluding tert-OH is 2. The lowest BCUT2D eigenvalue weighted by molar-refractivity contribution is -0.141. The number of aliphatic hydroxyl groups is 2. The van der Waals surface area contributed by atoms with Gasteiger partial charge in [0.05, 0.1) is 34.2 Å². The number of rotatable bonds is 8. The van der Waals surface area contributed by atoms with Crippen molar-refractivity contribution >= 4 is 33.9 Å². The summed E-state index contributed by atoms with van der Waals surface area (Å²) in [4.78, 5) is 44.9. The van der Waals surface area contributed by atoms with Gasteiger partial charge in [0, 0.05) is 25.2 Å². The third-order valence-electron chi connectivity index (χ3n) is 8.70. The van der Waals surface area contributed by atoms with E-state index < -0.39 is 36.1 Å². The molecule has 6 rings (SSSR count). The number of likely N-dealkylation sites (N-methyl/N-ethyl adjacent to an activating group) is 2. The Morgan fingerprint density at radius 2 is 1.00 bits per heavy atom. The number of carbonyl (C=O) groups is 2. The molecule has 6 aromatic rings. The zero-order valence-electron chi connectivity index (χ0n) is 27.0. The summed E-state index contributed by atoms with van der Waals surface area (Å²) in [6.45, 7) is 3.71. The van der Waals surface area contributed by atoms with Gasteiger partial charge in [-0.25, -0.2) is 9.97 Å². The van der Waals surface area contributed by atoms with Gasteiger partial charge in [-0.2, -0.15) is 0 Å². The van der Waals surface area contributed by atoms with E-state index in [0.29, 0.717) is 22.8 Å². The van der Waals surface area contributed by atoms with Gasteiger partial charge in [0.25, 0.3) is 11.8 Å². The van der Waals surface area contributed by atoms with Crippen LogP contribution in [0.15, 0.2) is 97.1 Å². The Hall–Kier alpha value is -5.76. The minimum absolute atomic E-state index is 0.404. The second kappa shape index (κ2) is 13.5. The fourth-order valence-electron chi connectivity index (χ4n) is 5.44. The van der Waals surface area contributed by atoms with Gasteiger partial charge in [-0.15, -0.1) is 0 Å². The summed E-state index contributed by atoms with van der Waals surface area (Å²) in [5.41, 5.74) is 5.69. The third-order valence-corrected chi connectivity index (χ3v) is 8.70. The highest BCUT2D eigenvalue weighted by molar-refractivity contribution is 5.83. The summed E-state index contributed by atoms with van der Waals surface area (Å²) in [5.74, 6) is 6.79. The van der Waals surface area contributed by atoms with Gasteiger partial charge in [-0.1, -0.05) is 72.5 Å². The van der Waals surface area contributed by atoms with E-state index in [2.05, 4.69) is 31.8 Å². The fraction of sp³-hybridized carbons (Fsp3) is 0.211. The monoisotopic (exact) mass is 640 g/mol. The molecule has 4 atom stereocenters. The first-order valence-corrected chi connectivity index (χ1v) is 15.6. The number of hydrogen-bond acceptors (Lipinski definition) is 6. The number of nitrogens with zero attached hydrogens (tertiary/aromatic N) is 4. The predicted octanol–water partition coefficient (Wildman–Crippen LogP) is 5.35. The Balaban J connectivity index is 1.15. The topological polar surface area (TPSA) is 138 Å². The lowest BCUT2D eigenvalue weighted by atomic mass is 10.1. The second-order valence-electron chi connectivity index (χ2n) is 11.8. The van der Waals surface area contributed by atoms with Crippen molar-refractivity contribution in [1.29, 1.82) is 0 Å². The Bertz CT molecular complexity index is 2000. The number of fused-ring (bicyclic) bond motifs is 2. The van der Waals surface area contributed by atoms with Crippen molar-refractivity contribution in [2.24, 2.45) is 0 Å². The van der Waals surface area contributed by atoms with E-state index in [1.807, 2.05) is 62.4 Å². The molecular weight excluding hydrogens is 604 g/mol. The summed E-state index contributed by atoms with van der Waals surface area (Å²) >= 11 is 0. The molecule has 0 unspecified atom stereocenters. The van der Waals surface area contributed by atoms with Crippen molar-refractivity contribution < 1.29 is 19.8 Å². The lowest BCUT2D eigenvalue weighted by Gasteiger charge is -2.25. The molecule has 10 heteroatoms. The first-order valence-electron chi connectivity index (χ1n) is 15.6. The van der Waals surface area contributed by atoms with Crippen molar-refractivity contribution in [3.8, 4) is 11.8 Å². The number of nitrogens with one attached hydrogen (secondary N) is 2. The van der Waals surface area contributed by atoms with Gasteiger partial charge in [0.1, 0.15) is 11.6 Å². The third kappa shape index (κ3) is 6.55. The molecule has 0 aliphatic carbocycles. The van der Waals surface area contributed by atoms with Crippen molar-refractivity contribution in [3.05, 3.63) is 131 Å². The Morgan fingerprint density at radius 3 is 1.38 bits per heavy atom. The average Bonchev–Trinajstić information content (AvgIpc) is 3.76. The highest BCUT2D eigenvalue weighted by atomic mass is 16.3. The van der Waals surface area contributed by atoms with Crippen LogP contribution in [0.4, 0.5) is 0 Å². The number of hydrogen-bond donors (Lipinski definition) is 4. The molecule has 0 fully saturated rings. The van der Waals surface area contributed by atoms with Crippen molar-refractivity contribution in [2.45, 2.75) is 38.1 Å². The van der Waals surface area contributed by atoms with Crippen LogP contribution in [0.3, 0.4) is 0 Å². The van der Waals surface area contributed by atoms with Crippen molar-refractivity contribution in [1.82, 2.24) is 29.7 Å². The summed E-state index contributed by atoms with van der Waals surface area (Å²) in [7, 11) is 3.30. The van der Waals surface area contributed by atoms with E-state index in [1.54, 1.807) is 62.6 Å². The van der Waals surface area contributed by atoms with Gasteiger partial charge in [0.15, 0.2) is 12.2 Å². The standard InChI is InChI=1S/C38H36N6O4/c1-23(43(3)37(47)33(45)27-11-7-5-8-12-27)35-39-29-19-17-25(21-31(29)41-35)15-16-26-18-20-30-32(22-26)42-36(40-30)24(2)44(4)38(48)34(46)28-13-9-6-10-14-28/h5-14,17-24,33-34,45-46H,1-4H3,(H,39,41)(H,40,42)/t23-,24-,33+,34+/m0/s1. The van der Waals surface area contributed by atoms with Crippen LogP contribution in [0.5, 0.6) is 0 Å². The van der Waals surface area contributed by atoms with Crippen LogP contribution < -0.4 is 0 Å². The van der Waals surface area contributed by atoms with Crippen molar-refractivity contribution in [2.75, 3.05) is 14.1 Å². The normalized spacial score (nSPS) is 13.7. The molecule has 242 valence electrons.